The Hall–Kier alpha value is 0.925. The second-order valence-corrected chi connectivity index (χ2v) is 10.9. The number of methoxy groups -OCH3 is 1. The summed E-state index contributed by atoms with van der Waals surface area (Å²) in [6, 6.07) is 0. The molecule has 0 spiro atoms. The van der Waals surface area contributed by atoms with Crippen molar-refractivity contribution in [2.24, 2.45) is 0 Å². The van der Waals surface area contributed by atoms with E-state index in [9.17, 15) is 0 Å². The van der Waals surface area contributed by atoms with Crippen molar-refractivity contribution in [2.45, 2.75) is 57.5 Å². The van der Waals surface area contributed by atoms with Crippen LogP contribution in [0.3, 0.4) is 0 Å². The molecule has 3 heteroatoms. The van der Waals surface area contributed by atoms with Crippen LogP contribution in [0.1, 0.15) is 51.4 Å². The Morgan fingerprint density at radius 3 is 2.53 bits per heavy atom. The van der Waals surface area contributed by atoms with Gasteiger partial charge in [-0.25, -0.2) is 0 Å². The normalized spacial score (nSPS) is 28.4. The fourth-order valence-corrected chi connectivity index (χ4v) is 7.99. The molecule has 0 heterocycles. The molecular formula is C12H21ClHgO. The molecule has 0 fully saturated rings. The van der Waals surface area contributed by atoms with Gasteiger partial charge in [-0.15, -0.1) is 0 Å². The molecule has 0 aromatic rings. The molecule has 15 heavy (non-hydrogen) atoms. The van der Waals surface area contributed by atoms with Crippen LogP contribution in [-0.2, 0) is 28.1 Å². The number of hydrogen-bond donors (Lipinski definition) is 0. The third-order valence-corrected chi connectivity index (χ3v) is 9.98. The van der Waals surface area contributed by atoms with Crippen molar-refractivity contribution in [3.63, 3.8) is 0 Å². The second-order valence-electron chi connectivity index (χ2n) is 4.34. The van der Waals surface area contributed by atoms with Crippen LogP contribution in [0.2, 0.25) is 0 Å². The van der Waals surface area contributed by atoms with Gasteiger partial charge in [0.05, 0.1) is 0 Å². The van der Waals surface area contributed by atoms with Gasteiger partial charge in [0.2, 0.25) is 0 Å². The average Bonchev–Trinajstić information content (AvgIpc) is 2.32. The molecule has 0 amide bonds. The predicted octanol–water partition coefficient (Wildman–Crippen LogP) is 4.26. The summed E-state index contributed by atoms with van der Waals surface area (Å²) < 4.78 is 7.09. The Balaban J connectivity index is 2.54. The SMILES string of the molecule is COC1CCCCCCCC/C=[C]\1[Hg][Cl]. The molecule has 0 aromatic heterocycles. The van der Waals surface area contributed by atoms with Gasteiger partial charge in [-0.05, 0) is 0 Å². The second kappa shape index (κ2) is 9.01. The fraction of sp³-hybridized carbons (Fsp3) is 0.833. The van der Waals surface area contributed by atoms with E-state index < -0.39 is 23.3 Å². The van der Waals surface area contributed by atoms with Crippen LogP contribution in [0, 0.1) is 0 Å². The van der Waals surface area contributed by atoms with E-state index in [1.807, 2.05) is 7.11 Å². The first-order valence-corrected chi connectivity index (χ1v) is 15.7. The number of allylic oxidation sites excluding steroid dienone is 1. The topological polar surface area (TPSA) is 9.23 Å². The summed E-state index contributed by atoms with van der Waals surface area (Å²) in [7, 11) is 8.02. The maximum atomic E-state index is 6.19. The van der Waals surface area contributed by atoms with E-state index in [4.69, 9.17) is 13.0 Å². The molecule has 0 radical (unpaired) electrons. The monoisotopic (exact) mass is 418 g/mol. The molecule has 0 aromatic carbocycles. The molecule has 1 rings (SSSR count). The third kappa shape index (κ3) is 5.69. The van der Waals surface area contributed by atoms with E-state index in [1.165, 1.54) is 54.4 Å². The third-order valence-electron chi connectivity index (χ3n) is 3.18. The molecule has 0 saturated heterocycles. The zero-order valence-electron chi connectivity index (χ0n) is 9.80. The van der Waals surface area contributed by atoms with Gasteiger partial charge in [0.1, 0.15) is 0 Å². The molecule has 1 aliphatic carbocycles. The van der Waals surface area contributed by atoms with Gasteiger partial charge in [-0.1, -0.05) is 0 Å². The number of ether oxygens (including phenoxy) is 1. The number of halogens is 1. The molecule has 1 unspecified atom stereocenters. The summed E-state index contributed by atoms with van der Waals surface area (Å²) in [5.74, 6) is 0. The molecule has 0 bridgehead atoms. The van der Waals surface area contributed by atoms with E-state index in [2.05, 4.69) is 6.08 Å². The van der Waals surface area contributed by atoms with Crippen LogP contribution in [0.25, 0.3) is 0 Å². The summed E-state index contributed by atoms with van der Waals surface area (Å²) in [5.41, 5.74) is 0. The summed E-state index contributed by atoms with van der Waals surface area (Å²) >= 11 is -1.27. The van der Waals surface area contributed by atoms with E-state index in [0.29, 0.717) is 6.10 Å². The Morgan fingerprint density at radius 1 is 1.20 bits per heavy atom. The summed E-state index contributed by atoms with van der Waals surface area (Å²) in [5, 5.41) is 0. The zero-order chi connectivity index (χ0) is 10.9. The molecule has 0 N–H and O–H groups in total. The maximum absolute atomic E-state index is 6.19. The average molecular weight is 417 g/mol. The van der Waals surface area contributed by atoms with Crippen LogP contribution in [0.15, 0.2) is 9.16 Å². The van der Waals surface area contributed by atoms with E-state index in [0.717, 1.165) is 0 Å². The minimum absolute atomic E-state index is 0.363. The van der Waals surface area contributed by atoms with Gasteiger partial charge in [-0.3, -0.25) is 0 Å². The van der Waals surface area contributed by atoms with Gasteiger partial charge < -0.3 is 0 Å². The van der Waals surface area contributed by atoms with Gasteiger partial charge >= 0.3 is 110 Å². The fourth-order valence-electron chi connectivity index (χ4n) is 2.20. The molecule has 1 aliphatic rings. The predicted molar refractivity (Wildman–Crippen MR) is 61.7 cm³/mol. The van der Waals surface area contributed by atoms with Crippen molar-refractivity contribution >= 4 is 8.25 Å². The first kappa shape index (κ1) is 14.0. The summed E-state index contributed by atoms with van der Waals surface area (Å²) in [6.45, 7) is 0. The summed E-state index contributed by atoms with van der Waals surface area (Å²) in [6.07, 6.45) is 13.4. The first-order chi connectivity index (χ1) is 7.38. The Labute approximate surface area is 109 Å². The minimum atomic E-state index is -1.27. The Kier molecular flexibility index (Phi) is 8.40. The van der Waals surface area contributed by atoms with Crippen LogP contribution in [-0.4, -0.2) is 13.2 Å². The van der Waals surface area contributed by atoms with Gasteiger partial charge in [0.15, 0.2) is 0 Å². The first-order valence-electron chi connectivity index (χ1n) is 6.16. The molecule has 84 valence electrons. The van der Waals surface area contributed by atoms with Gasteiger partial charge in [0, 0.05) is 0 Å². The molecule has 0 aliphatic heterocycles. The van der Waals surface area contributed by atoms with Crippen LogP contribution in [0.5, 0.6) is 0 Å². The molecular weight excluding hydrogens is 396 g/mol. The Bertz CT molecular complexity index is 194. The van der Waals surface area contributed by atoms with Crippen LogP contribution in [0.4, 0.5) is 0 Å². The Morgan fingerprint density at radius 2 is 1.87 bits per heavy atom. The summed E-state index contributed by atoms with van der Waals surface area (Å²) in [4.78, 5) is 0. The van der Waals surface area contributed by atoms with E-state index >= 15 is 0 Å². The molecule has 1 atom stereocenters. The van der Waals surface area contributed by atoms with Crippen molar-refractivity contribution in [1.82, 2.24) is 0 Å². The van der Waals surface area contributed by atoms with Crippen LogP contribution < -0.4 is 0 Å². The van der Waals surface area contributed by atoms with Crippen molar-refractivity contribution in [1.29, 1.82) is 0 Å². The van der Waals surface area contributed by atoms with Gasteiger partial charge in [-0.2, -0.15) is 0 Å². The van der Waals surface area contributed by atoms with E-state index in [-0.39, 0.29) is 0 Å². The number of hydrogen-bond acceptors (Lipinski definition) is 1. The van der Waals surface area contributed by atoms with Crippen molar-refractivity contribution in [3.8, 4) is 0 Å². The number of rotatable bonds is 2. The van der Waals surface area contributed by atoms with Crippen molar-refractivity contribution < 1.29 is 28.1 Å². The van der Waals surface area contributed by atoms with Crippen LogP contribution >= 0.6 is 8.25 Å². The molecule has 1 nitrogen and oxygen atoms in total. The van der Waals surface area contributed by atoms with Crippen molar-refractivity contribution in [3.05, 3.63) is 9.16 Å². The standard InChI is InChI=1S/C12H21O.ClH.Hg/c1-13-12-10-8-6-4-2-3-5-7-9-11-12;;/h8,12H,2-7,9,11H2,1H3;1H;/q;;+1/p-1. The quantitative estimate of drug-likeness (QED) is 0.611. The molecule has 0 saturated carbocycles. The van der Waals surface area contributed by atoms with Crippen molar-refractivity contribution in [2.75, 3.05) is 7.11 Å². The van der Waals surface area contributed by atoms with E-state index in [1.54, 1.807) is 0 Å². The van der Waals surface area contributed by atoms with Gasteiger partial charge in [0.25, 0.3) is 0 Å². The zero-order valence-corrected chi connectivity index (χ0v) is 16.1.